The Labute approximate surface area is 122 Å². The highest BCUT2D eigenvalue weighted by Crippen LogP contribution is 2.24. The third kappa shape index (κ3) is 2.91. The van der Waals surface area contributed by atoms with Gasteiger partial charge in [-0.25, -0.2) is 0 Å². The summed E-state index contributed by atoms with van der Waals surface area (Å²) in [5.74, 6) is 2.51. The number of anilines is 1. The predicted octanol–water partition coefficient (Wildman–Crippen LogP) is 3.60. The van der Waals surface area contributed by atoms with Crippen LogP contribution in [0, 0.1) is 6.92 Å². The van der Waals surface area contributed by atoms with Gasteiger partial charge in [-0.1, -0.05) is 6.07 Å². The molecule has 0 unspecified atom stereocenters. The summed E-state index contributed by atoms with van der Waals surface area (Å²) < 4.78 is 10.9. The Kier molecular flexibility index (Phi) is 3.64. The van der Waals surface area contributed by atoms with Gasteiger partial charge >= 0.3 is 0 Å². The van der Waals surface area contributed by atoms with Crippen LogP contribution in [0.3, 0.4) is 0 Å². The maximum Gasteiger partial charge on any atom is 0.152 e. The van der Waals surface area contributed by atoms with Crippen molar-refractivity contribution in [3.05, 3.63) is 53.9 Å². The first-order chi connectivity index (χ1) is 10.3. The van der Waals surface area contributed by atoms with Crippen molar-refractivity contribution < 1.29 is 9.15 Å². The Morgan fingerprint density at radius 1 is 1.29 bits per heavy atom. The van der Waals surface area contributed by atoms with Gasteiger partial charge in [0.1, 0.15) is 17.2 Å². The molecule has 0 spiro atoms. The molecule has 2 aromatic heterocycles. The fourth-order valence-corrected chi connectivity index (χ4v) is 2.16. The number of rotatable bonds is 5. The van der Waals surface area contributed by atoms with E-state index in [2.05, 4.69) is 15.5 Å². The summed E-state index contributed by atoms with van der Waals surface area (Å²) in [5, 5.41) is 10.4. The van der Waals surface area contributed by atoms with Crippen LogP contribution in [0.15, 0.2) is 47.0 Å². The molecule has 0 aliphatic carbocycles. The van der Waals surface area contributed by atoms with E-state index < -0.39 is 0 Å². The van der Waals surface area contributed by atoms with Crippen molar-refractivity contribution in [2.24, 2.45) is 0 Å². The Bertz CT molecular complexity index is 730. The summed E-state index contributed by atoms with van der Waals surface area (Å²) in [5.41, 5.74) is 2.95. The first-order valence-electron chi connectivity index (χ1n) is 6.73. The molecule has 0 bridgehead atoms. The first-order valence-corrected chi connectivity index (χ1v) is 6.73. The maximum atomic E-state index is 5.64. The lowest BCUT2D eigenvalue weighted by molar-refractivity contribution is 0.415. The Morgan fingerprint density at radius 3 is 2.95 bits per heavy atom. The van der Waals surface area contributed by atoms with Gasteiger partial charge in [0.05, 0.1) is 13.3 Å². The number of aryl methyl sites for hydroxylation is 1. The average molecular weight is 283 g/mol. The predicted molar refractivity (Wildman–Crippen MR) is 81.3 cm³/mol. The van der Waals surface area contributed by atoms with Gasteiger partial charge in [0.2, 0.25) is 0 Å². The minimum Gasteiger partial charge on any atom is -0.497 e. The molecule has 1 aromatic carbocycles. The lowest BCUT2D eigenvalue weighted by atomic mass is 10.2. The number of ether oxygens (including phenoxy) is 1. The zero-order chi connectivity index (χ0) is 14.7. The molecule has 0 atom stereocenters. The number of H-pyrrole nitrogens is 1. The third-order valence-corrected chi connectivity index (χ3v) is 3.26. The molecule has 0 aliphatic rings. The van der Waals surface area contributed by atoms with Gasteiger partial charge in [0.25, 0.3) is 0 Å². The van der Waals surface area contributed by atoms with Crippen molar-refractivity contribution in [1.29, 1.82) is 0 Å². The minimum absolute atomic E-state index is 0.652. The second-order valence-electron chi connectivity index (χ2n) is 4.77. The molecule has 0 aliphatic heterocycles. The molecule has 2 heterocycles. The molecule has 0 amide bonds. The lowest BCUT2D eigenvalue weighted by Gasteiger charge is -2.07. The summed E-state index contributed by atoms with van der Waals surface area (Å²) in [6, 6.07) is 11.7. The topological polar surface area (TPSA) is 63.1 Å². The number of hydrogen-bond donors (Lipinski definition) is 2. The van der Waals surface area contributed by atoms with Crippen LogP contribution in [0.1, 0.15) is 11.3 Å². The van der Waals surface area contributed by atoms with E-state index in [0.717, 1.165) is 34.2 Å². The van der Waals surface area contributed by atoms with E-state index in [4.69, 9.17) is 9.15 Å². The van der Waals surface area contributed by atoms with Crippen LogP contribution in [0.25, 0.3) is 11.5 Å². The van der Waals surface area contributed by atoms with E-state index in [9.17, 15) is 0 Å². The van der Waals surface area contributed by atoms with Gasteiger partial charge in [-0.3, -0.25) is 5.10 Å². The molecule has 5 nitrogen and oxygen atoms in total. The van der Waals surface area contributed by atoms with Gasteiger partial charge < -0.3 is 14.5 Å². The number of nitrogens with one attached hydrogen (secondary N) is 2. The molecular formula is C16H17N3O2. The van der Waals surface area contributed by atoms with Crippen molar-refractivity contribution in [3.63, 3.8) is 0 Å². The van der Waals surface area contributed by atoms with Crippen LogP contribution in [0.5, 0.6) is 5.75 Å². The van der Waals surface area contributed by atoms with Gasteiger partial charge in [0, 0.05) is 23.9 Å². The minimum atomic E-state index is 0.652. The Morgan fingerprint density at radius 2 is 2.19 bits per heavy atom. The van der Waals surface area contributed by atoms with E-state index >= 15 is 0 Å². The largest absolute Gasteiger partial charge is 0.497 e. The van der Waals surface area contributed by atoms with Crippen LogP contribution in [-0.2, 0) is 6.54 Å². The first kappa shape index (κ1) is 13.3. The van der Waals surface area contributed by atoms with E-state index in [1.807, 2.05) is 43.3 Å². The van der Waals surface area contributed by atoms with Crippen molar-refractivity contribution in [2.75, 3.05) is 12.4 Å². The molecular weight excluding hydrogens is 266 g/mol. The molecule has 5 heteroatoms. The van der Waals surface area contributed by atoms with Crippen LogP contribution in [0.2, 0.25) is 0 Å². The van der Waals surface area contributed by atoms with Crippen LogP contribution < -0.4 is 10.1 Å². The lowest BCUT2D eigenvalue weighted by Crippen LogP contribution is -2.00. The monoisotopic (exact) mass is 283 g/mol. The van der Waals surface area contributed by atoms with E-state index in [0.29, 0.717) is 6.54 Å². The van der Waals surface area contributed by atoms with Gasteiger partial charge in [0.15, 0.2) is 5.76 Å². The second kappa shape index (κ2) is 5.75. The molecule has 2 N–H and O–H groups in total. The standard InChI is InChI=1S/C16H17N3O2/c1-11-6-7-15(21-11)16-12(10-18-19-16)9-17-13-4-3-5-14(8-13)20-2/h3-8,10,17H,9H2,1-2H3,(H,18,19). The van der Waals surface area contributed by atoms with Gasteiger partial charge in [-0.2, -0.15) is 5.10 Å². The number of furan rings is 1. The summed E-state index contributed by atoms with van der Waals surface area (Å²) in [4.78, 5) is 0. The number of nitrogens with zero attached hydrogens (tertiary/aromatic N) is 1. The highest BCUT2D eigenvalue weighted by atomic mass is 16.5. The summed E-state index contributed by atoms with van der Waals surface area (Å²) >= 11 is 0. The number of benzene rings is 1. The SMILES string of the molecule is COc1cccc(NCc2cn[nH]c2-c2ccc(C)o2)c1. The normalized spacial score (nSPS) is 10.6. The fraction of sp³-hybridized carbons (Fsp3) is 0.188. The van der Waals surface area contributed by atoms with E-state index in [1.54, 1.807) is 13.3 Å². The van der Waals surface area contributed by atoms with Crippen molar-refractivity contribution >= 4 is 5.69 Å². The number of aromatic amines is 1. The zero-order valence-electron chi connectivity index (χ0n) is 12.0. The van der Waals surface area contributed by atoms with E-state index in [1.165, 1.54) is 0 Å². The number of hydrogen-bond acceptors (Lipinski definition) is 4. The molecule has 108 valence electrons. The van der Waals surface area contributed by atoms with Crippen molar-refractivity contribution in [1.82, 2.24) is 10.2 Å². The molecule has 3 rings (SSSR count). The Hall–Kier alpha value is -2.69. The van der Waals surface area contributed by atoms with Crippen LogP contribution >= 0.6 is 0 Å². The van der Waals surface area contributed by atoms with E-state index in [-0.39, 0.29) is 0 Å². The van der Waals surface area contributed by atoms with Gasteiger partial charge in [-0.05, 0) is 31.2 Å². The zero-order valence-corrected chi connectivity index (χ0v) is 12.0. The van der Waals surface area contributed by atoms with Gasteiger partial charge in [-0.15, -0.1) is 0 Å². The molecule has 0 saturated heterocycles. The second-order valence-corrected chi connectivity index (χ2v) is 4.77. The molecule has 21 heavy (non-hydrogen) atoms. The maximum absolute atomic E-state index is 5.64. The average Bonchev–Trinajstić information content (AvgIpc) is 3.13. The van der Waals surface area contributed by atoms with Crippen LogP contribution in [-0.4, -0.2) is 17.3 Å². The summed E-state index contributed by atoms with van der Waals surface area (Å²) in [6.07, 6.45) is 1.81. The third-order valence-electron chi connectivity index (χ3n) is 3.26. The Balaban J connectivity index is 1.75. The number of methoxy groups -OCH3 is 1. The molecule has 0 radical (unpaired) electrons. The van der Waals surface area contributed by atoms with Crippen molar-refractivity contribution in [2.45, 2.75) is 13.5 Å². The highest BCUT2D eigenvalue weighted by molar-refractivity contribution is 5.58. The van der Waals surface area contributed by atoms with Crippen molar-refractivity contribution in [3.8, 4) is 17.2 Å². The smallest absolute Gasteiger partial charge is 0.152 e. The number of aromatic nitrogens is 2. The molecule has 0 saturated carbocycles. The highest BCUT2D eigenvalue weighted by Gasteiger charge is 2.11. The fourth-order valence-electron chi connectivity index (χ4n) is 2.16. The molecule has 0 fully saturated rings. The molecule has 3 aromatic rings. The summed E-state index contributed by atoms with van der Waals surface area (Å²) in [7, 11) is 1.66. The van der Waals surface area contributed by atoms with Crippen LogP contribution in [0.4, 0.5) is 5.69 Å². The quantitative estimate of drug-likeness (QED) is 0.751. The summed E-state index contributed by atoms with van der Waals surface area (Å²) in [6.45, 7) is 2.58.